The lowest BCUT2D eigenvalue weighted by Crippen LogP contribution is -2.39. The highest BCUT2D eigenvalue weighted by molar-refractivity contribution is 5.95. The molecule has 3 rings (SSSR count). The van der Waals surface area contributed by atoms with Crippen LogP contribution in [0.4, 0.5) is 0 Å². The zero-order chi connectivity index (χ0) is 18.7. The molecule has 1 atom stereocenters. The van der Waals surface area contributed by atoms with Gasteiger partial charge in [0.2, 0.25) is 0 Å². The van der Waals surface area contributed by atoms with Crippen LogP contribution >= 0.6 is 0 Å². The number of aryl methyl sites for hydroxylation is 1. The van der Waals surface area contributed by atoms with E-state index in [0.717, 1.165) is 4.68 Å². The zero-order valence-electron chi connectivity index (χ0n) is 14.3. The van der Waals surface area contributed by atoms with Crippen LogP contribution in [0.25, 0.3) is 16.9 Å². The lowest BCUT2D eigenvalue weighted by Gasteiger charge is -2.12. The SMILES string of the molecule is CC(CO)NC(=O)c1cc(-c2ccncc2)nn(-c2cnn(C)c2)c1=O. The Labute approximate surface area is 148 Å². The fourth-order valence-corrected chi connectivity index (χ4v) is 2.36. The van der Waals surface area contributed by atoms with Crippen LogP contribution in [0.2, 0.25) is 0 Å². The van der Waals surface area contributed by atoms with Crippen LogP contribution in [-0.2, 0) is 7.05 Å². The molecule has 0 spiro atoms. The molecule has 0 aliphatic heterocycles. The Bertz CT molecular complexity index is 980. The van der Waals surface area contributed by atoms with Gasteiger partial charge in [0.1, 0.15) is 11.3 Å². The van der Waals surface area contributed by atoms with Crippen LogP contribution < -0.4 is 10.9 Å². The normalized spacial score (nSPS) is 12.0. The molecule has 3 aromatic heterocycles. The molecule has 26 heavy (non-hydrogen) atoms. The van der Waals surface area contributed by atoms with E-state index < -0.39 is 17.5 Å². The first-order valence-corrected chi connectivity index (χ1v) is 7.95. The molecule has 3 heterocycles. The van der Waals surface area contributed by atoms with Gasteiger partial charge < -0.3 is 10.4 Å². The molecular weight excluding hydrogens is 336 g/mol. The predicted molar refractivity (Wildman–Crippen MR) is 93.8 cm³/mol. The Morgan fingerprint density at radius 2 is 2.08 bits per heavy atom. The van der Waals surface area contributed by atoms with Gasteiger partial charge in [0.15, 0.2) is 0 Å². The molecule has 9 nitrogen and oxygen atoms in total. The molecule has 0 saturated carbocycles. The number of carbonyl (C=O) groups is 1. The summed E-state index contributed by atoms with van der Waals surface area (Å²) in [5.74, 6) is -0.577. The van der Waals surface area contributed by atoms with Gasteiger partial charge in [-0.3, -0.25) is 19.3 Å². The maximum absolute atomic E-state index is 12.8. The number of rotatable bonds is 5. The molecule has 1 amide bonds. The monoisotopic (exact) mass is 354 g/mol. The lowest BCUT2D eigenvalue weighted by atomic mass is 10.1. The summed E-state index contributed by atoms with van der Waals surface area (Å²) in [7, 11) is 1.72. The third kappa shape index (κ3) is 3.52. The Morgan fingerprint density at radius 1 is 1.35 bits per heavy atom. The Kier molecular flexibility index (Phi) is 4.90. The van der Waals surface area contributed by atoms with Gasteiger partial charge >= 0.3 is 0 Å². The van der Waals surface area contributed by atoms with Gasteiger partial charge in [-0.25, -0.2) is 0 Å². The zero-order valence-corrected chi connectivity index (χ0v) is 14.3. The second-order valence-electron chi connectivity index (χ2n) is 5.83. The maximum atomic E-state index is 12.8. The van der Waals surface area contributed by atoms with Crippen LogP contribution in [0.15, 0.2) is 47.8 Å². The van der Waals surface area contributed by atoms with Crippen LogP contribution in [0.3, 0.4) is 0 Å². The summed E-state index contributed by atoms with van der Waals surface area (Å²) < 4.78 is 2.68. The molecular formula is C17H18N6O3. The van der Waals surface area contributed by atoms with Crippen LogP contribution in [0.1, 0.15) is 17.3 Å². The first-order valence-electron chi connectivity index (χ1n) is 7.95. The van der Waals surface area contributed by atoms with E-state index in [0.29, 0.717) is 16.9 Å². The van der Waals surface area contributed by atoms with Crippen molar-refractivity contribution < 1.29 is 9.90 Å². The molecule has 0 aromatic carbocycles. The maximum Gasteiger partial charge on any atom is 0.284 e. The fourth-order valence-electron chi connectivity index (χ4n) is 2.36. The Balaban J connectivity index is 2.17. The van der Waals surface area contributed by atoms with E-state index in [9.17, 15) is 9.59 Å². The van der Waals surface area contributed by atoms with E-state index in [-0.39, 0.29) is 12.2 Å². The minimum absolute atomic E-state index is 0.0732. The number of nitrogens with one attached hydrogen (secondary N) is 1. The van der Waals surface area contributed by atoms with Gasteiger partial charge in [-0.15, -0.1) is 0 Å². The average molecular weight is 354 g/mol. The second-order valence-corrected chi connectivity index (χ2v) is 5.83. The van der Waals surface area contributed by atoms with Crippen molar-refractivity contribution in [3.05, 3.63) is 58.9 Å². The van der Waals surface area contributed by atoms with Gasteiger partial charge in [0.05, 0.1) is 24.7 Å². The number of carbonyl (C=O) groups excluding carboxylic acids is 1. The Morgan fingerprint density at radius 3 is 2.69 bits per heavy atom. The third-order valence-corrected chi connectivity index (χ3v) is 3.72. The lowest BCUT2D eigenvalue weighted by molar-refractivity contribution is 0.0920. The van der Waals surface area contributed by atoms with E-state index in [1.54, 1.807) is 44.7 Å². The van der Waals surface area contributed by atoms with E-state index in [4.69, 9.17) is 5.11 Å². The number of aromatic nitrogens is 5. The first-order chi connectivity index (χ1) is 12.5. The molecule has 9 heteroatoms. The first kappa shape index (κ1) is 17.5. The average Bonchev–Trinajstić information content (AvgIpc) is 3.08. The number of aliphatic hydroxyl groups is 1. The summed E-state index contributed by atoms with van der Waals surface area (Å²) >= 11 is 0. The molecule has 0 fully saturated rings. The Hall–Kier alpha value is -3.33. The van der Waals surface area contributed by atoms with E-state index >= 15 is 0 Å². The molecule has 3 aromatic rings. The van der Waals surface area contributed by atoms with Gasteiger partial charge in [-0.05, 0) is 25.1 Å². The van der Waals surface area contributed by atoms with E-state index in [1.165, 1.54) is 16.9 Å². The van der Waals surface area contributed by atoms with Gasteiger partial charge in [-0.2, -0.15) is 14.9 Å². The molecule has 1 unspecified atom stereocenters. The minimum Gasteiger partial charge on any atom is -0.394 e. The predicted octanol–water partition coefficient (Wildman–Crippen LogP) is 0.139. The molecule has 134 valence electrons. The van der Waals surface area contributed by atoms with Crippen molar-refractivity contribution in [2.24, 2.45) is 7.05 Å². The number of nitrogens with zero attached hydrogens (tertiary/aromatic N) is 5. The summed E-state index contributed by atoms with van der Waals surface area (Å²) in [5.41, 5.74) is 0.951. The topological polar surface area (TPSA) is 115 Å². The molecule has 0 aliphatic rings. The molecule has 0 aliphatic carbocycles. The highest BCUT2D eigenvalue weighted by Gasteiger charge is 2.19. The van der Waals surface area contributed by atoms with Gasteiger partial charge in [0, 0.05) is 31.0 Å². The third-order valence-electron chi connectivity index (χ3n) is 3.72. The number of hydrogen-bond acceptors (Lipinski definition) is 6. The van der Waals surface area contributed by atoms with Crippen molar-refractivity contribution in [1.82, 2.24) is 29.9 Å². The number of pyridine rings is 1. The number of amides is 1. The smallest absolute Gasteiger partial charge is 0.284 e. The van der Waals surface area contributed by atoms with E-state index in [1.807, 2.05) is 0 Å². The summed E-state index contributed by atoms with van der Waals surface area (Å²) in [6, 6.07) is 4.42. The van der Waals surface area contributed by atoms with Gasteiger partial charge in [-0.1, -0.05) is 0 Å². The highest BCUT2D eigenvalue weighted by Crippen LogP contribution is 2.16. The largest absolute Gasteiger partial charge is 0.394 e. The van der Waals surface area contributed by atoms with Crippen LogP contribution in [0.5, 0.6) is 0 Å². The van der Waals surface area contributed by atoms with Crippen molar-refractivity contribution >= 4 is 5.91 Å². The number of hydrogen-bond donors (Lipinski definition) is 2. The van der Waals surface area contributed by atoms with Crippen molar-refractivity contribution in [3.63, 3.8) is 0 Å². The highest BCUT2D eigenvalue weighted by atomic mass is 16.3. The standard InChI is InChI=1S/C17H18N6O3/c1-11(10-24)20-16(25)14-7-15(12-3-5-18-6-4-12)21-23(17(14)26)13-8-19-22(2)9-13/h3-9,11,24H,10H2,1-2H3,(H,20,25). The molecule has 0 saturated heterocycles. The summed E-state index contributed by atoms with van der Waals surface area (Å²) in [6.45, 7) is 1.41. The van der Waals surface area contributed by atoms with Crippen molar-refractivity contribution in [1.29, 1.82) is 0 Å². The minimum atomic E-state index is -0.577. The molecule has 2 N–H and O–H groups in total. The van der Waals surface area contributed by atoms with Crippen molar-refractivity contribution in [2.75, 3.05) is 6.61 Å². The quantitative estimate of drug-likeness (QED) is 0.673. The summed E-state index contributed by atoms with van der Waals surface area (Å²) in [4.78, 5) is 29.3. The number of aliphatic hydroxyl groups excluding tert-OH is 1. The van der Waals surface area contributed by atoms with E-state index in [2.05, 4.69) is 20.5 Å². The summed E-state index contributed by atoms with van der Waals surface area (Å²) in [5, 5.41) is 20.1. The van der Waals surface area contributed by atoms with Crippen LogP contribution in [-0.4, -0.2) is 48.2 Å². The molecule has 0 radical (unpaired) electrons. The van der Waals surface area contributed by atoms with Gasteiger partial charge in [0.25, 0.3) is 11.5 Å². The second kappa shape index (κ2) is 7.28. The summed E-state index contributed by atoms with van der Waals surface area (Å²) in [6.07, 6.45) is 6.32. The van der Waals surface area contributed by atoms with Crippen molar-refractivity contribution in [2.45, 2.75) is 13.0 Å². The van der Waals surface area contributed by atoms with Crippen molar-refractivity contribution in [3.8, 4) is 16.9 Å². The van der Waals surface area contributed by atoms with Crippen LogP contribution in [0, 0.1) is 0 Å². The molecule has 0 bridgehead atoms. The fraction of sp³-hybridized carbons (Fsp3) is 0.235.